The number of rotatable bonds is 17. The summed E-state index contributed by atoms with van der Waals surface area (Å²) in [5.74, 6) is 1.20. The number of carbonyl (C=O) groups is 9. The highest BCUT2D eigenvalue weighted by Crippen LogP contribution is 2.60. The van der Waals surface area contributed by atoms with Gasteiger partial charge in [0.15, 0.2) is 9.84 Å². The molecule has 5 fully saturated rings. The summed E-state index contributed by atoms with van der Waals surface area (Å²) in [6.07, 6.45) is 4.30. The Morgan fingerprint density at radius 3 is 1.23 bits per heavy atom. The lowest BCUT2D eigenvalue weighted by Gasteiger charge is -2.55. The topological polar surface area (TPSA) is 376 Å². The number of hydrogen-bond donors (Lipinski definition) is 9. The number of aromatic nitrogens is 8. The first kappa shape index (κ1) is 93.3. The number of piperidine rings is 2. The molecule has 0 spiro atoms. The lowest BCUT2D eigenvalue weighted by atomic mass is 9.51. The summed E-state index contributed by atoms with van der Waals surface area (Å²) in [5, 5.41) is 40.4. The van der Waals surface area contributed by atoms with E-state index < -0.39 is 48.4 Å². The van der Waals surface area contributed by atoms with Crippen LogP contribution in [0.2, 0.25) is 5.02 Å². The van der Waals surface area contributed by atoms with Gasteiger partial charge in [-0.15, -0.1) is 0 Å². The zero-order chi connectivity index (χ0) is 93.8. The molecule has 30 nitrogen and oxygen atoms in total. The summed E-state index contributed by atoms with van der Waals surface area (Å²) in [6, 6.07) is 53.4. The summed E-state index contributed by atoms with van der Waals surface area (Å²) < 4.78 is 28.4. The molecule has 12 amide bonds. The number of nitrogens with one attached hydrogen (secondary N) is 9. The van der Waals surface area contributed by atoms with Crippen molar-refractivity contribution in [1.82, 2.24) is 64.6 Å². The number of carbonyl (C=O) groups excluding carboxylic acids is 9. The van der Waals surface area contributed by atoms with Crippen molar-refractivity contribution in [3.05, 3.63) is 221 Å². The van der Waals surface area contributed by atoms with Crippen molar-refractivity contribution in [3.63, 3.8) is 0 Å². The smallest absolute Gasteiger partial charge is 0.326 e. The van der Waals surface area contributed by atoms with Crippen LogP contribution < -0.4 is 42.5 Å². The molecule has 6 aromatic carbocycles. The average molecular weight is 1800 g/mol. The van der Waals surface area contributed by atoms with Gasteiger partial charge in [-0.25, -0.2) is 41.8 Å². The van der Waals surface area contributed by atoms with Crippen LogP contribution >= 0.6 is 11.6 Å². The quantitative estimate of drug-likeness (QED) is 0.0382. The number of hydrogen-bond acceptors (Lipinski definition) is 16. The second-order valence-electron chi connectivity index (χ2n) is 40.2. The Hall–Kier alpha value is -12.9. The minimum atomic E-state index is -2.90. The summed E-state index contributed by atoms with van der Waals surface area (Å²) in [6.45, 7) is 32.1. The number of para-hydroxylation sites is 1. The normalized spacial score (nSPS) is 22.0. The van der Waals surface area contributed by atoms with Gasteiger partial charge in [0, 0.05) is 153 Å². The van der Waals surface area contributed by atoms with Crippen molar-refractivity contribution >= 4 is 131 Å². The van der Waals surface area contributed by atoms with E-state index in [0.717, 1.165) is 72.6 Å². The van der Waals surface area contributed by atoms with E-state index in [1.165, 1.54) is 16.8 Å². The minimum absolute atomic E-state index is 0.168. The highest BCUT2D eigenvalue weighted by atomic mass is 35.5. The highest BCUT2D eigenvalue weighted by molar-refractivity contribution is 7.91. The predicted molar refractivity (Wildman–Crippen MR) is 506 cm³/mol. The molecule has 4 bridgehead atoms. The molecule has 5 aliphatic rings. The number of aromatic amines is 1. The Balaban J connectivity index is 0.000000159. The van der Waals surface area contributed by atoms with Gasteiger partial charge in [-0.05, 0) is 158 Å². The molecule has 4 atom stereocenters. The SMILES string of the molecule is CC(C)(C)c1cc(NC(=O)Nc2ccc(Cl)cc2)n(-c2ccc(CN3CCS(=O)(=O)CC3)cc2)n1.CN1C(=O)C2(C)CC(C)(C(=O)NCc3ccc(-n4nc(C(C)(C)C)cc4NC(=O)Nc4ccc5[nH]ccc5c4)cc3)CC(C)(C2)C1=O.CN1C(=O)C2(C)CC(C)(C(=O)NCc3ccc(-n4nc(C(C)(C)C)cc4NC(=O)Nc4ccc5ccccc5n4)cc3)CC(C)(C2)C1=O. The van der Waals surface area contributed by atoms with E-state index in [0.29, 0.717) is 97.8 Å². The van der Waals surface area contributed by atoms with Gasteiger partial charge in [0.25, 0.3) is 0 Å². The van der Waals surface area contributed by atoms with Crippen LogP contribution in [0.1, 0.15) is 176 Å². The maximum Gasteiger partial charge on any atom is 0.326 e. The Morgan fingerprint density at radius 1 is 0.431 bits per heavy atom. The van der Waals surface area contributed by atoms with Crippen LogP contribution in [0.4, 0.5) is 49.0 Å². The average Bonchev–Trinajstić information content (AvgIpc) is 0.940. The van der Waals surface area contributed by atoms with Gasteiger partial charge in [0.1, 0.15) is 23.3 Å². The van der Waals surface area contributed by atoms with Gasteiger partial charge in [-0.2, -0.15) is 15.3 Å². The van der Waals surface area contributed by atoms with E-state index in [9.17, 15) is 51.6 Å². The van der Waals surface area contributed by atoms with Gasteiger partial charge in [-0.3, -0.25) is 64.7 Å². The Labute approximate surface area is 762 Å². The van der Waals surface area contributed by atoms with Gasteiger partial charge in [0.2, 0.25) is 35.4 Å². The third-order valence-corrected chi connectivity index (χ3v) is 27.1. The van der Waals surface area contributed by atoms with Crippen LogP contribution in [0.15, 0.2) is 182 Å². The van der Waals surface area contributed by atoms with Gasteiger partial charge in [0.05, 0.1) is 51.2 Å². The third-order valence-electron chi connectivity index (χ3n) is 25.3. The van der Waals surface area contributed by atoms with Crippen molar-refractivity contribution in [2.45, 2.75) is 178 Å². The van der Waals surface area contributed by atoms with E-state index >= 15 is 0 Å². The van der Waals surface area contributed by atoms with Crippen LogP contribution in [0.5, 0.6) is 0 Å². The van der Waals surface area contributed by atoms with E-state index in [4.69, 9.17) is 26.9 Å². The Kier molecular flexibility index (Phi) is 25.5. The monoisotopic (exact) mass is 1800 g/mol. The molecule has 9 N–H and O–H groups in total. The van der Waals surface area contributed by atoms with Crippen LogP contribution in [0.25, 0.3) is 38.9 Å². The third kappa shape index (κ3) is 20.6. The molecule has 2 aliphatic carbocycles. The molecule has 11 aromatic rings. The molecule has 8 heterocycles. The van der Waals surface area contributed by atoms with Crippen molar-refractivity contribution in [3.8, 4) is 17.1 Å². The molecule has 32 heteroatoms. The second kappa shape index (κ2) is 35.5. The Morgan fingerprint density at radius 2 is 0.815 bits per heavy atom. The van der Waals surface area contributed by atoms with E-state index in [2.05, 4.69) is 120 Å². The molecule has 2 saturated carbocycles. The number of benzene rings is 6. The first-order valence-corrected chi connectivity index (χ1v) is 45.8. The highest BCUT2D eigenvalue weighted by Gasteiger charge is 2.64. The summed E-state index contributed by atoms with van der Waals surface area (Å²) in [4.78, 5) is 131. The fourth-order valence-electron chi connectivity index (χ4n) is 19.2. The Bertz CT molecular complexity index is 6270. The molecule has 682 valence electrons. The van der Waals surface area contributed by atoms with E-state index in [-0.39, 0.29) is 88.3 Å². The number of nitrogens with zero attached hydrogens (tertiary/aromatic N) is 10. The van der Waals surface area contributed by atoms with Crippen LogP contribution in [-0.2, 0) is 74.5 Å². The number of pyridine rings is 1. The van der Waals surface area contributed by atoms with Crippen molar-refractivity contribution in [2.24, 2.45) is 32.5 Å². The van der Waals surface area contributed by atoms with Gasteiger partial charge < -0.3 is 26.3 Å². The number of H-pyrrole nitrogens is 1. The summed E-state index contributed by atoms with van der Waals surface area (Å²) in [7, 11) is 0.184. The molecule has 130 heavy (non-hydrogen) atoms. The lowest BCUT2D eigenvalue weighted by Crippen LogP contribution is -2.63. The fourth-order valence-corrected chi connectivity index (χ4v) is 20.6. The molecule has 16 rings (SSSR count). The van der Waals surface area contributed by atoms with Crippen molar-refractivity contribution in [2.75, 3.05) is 70.6 Å². The number of amides is 12. The number of anilines is 6. The maximum absolute atomic E-state index is 13.6. The lowest BCUT2D eigenvalue weighted by molar-refractivity contribution is -0.179. The largest absolute Gasteiger partial charge is 0.361 e. The molecule has 0 radical (unpaired) electrons. The van der Waals surface area contributed by atoms with Gasteiger partial charge in [-0.1, -0.05) is 170 Å². The van der Waals surface area contributed by atoms with Crippen molar-refractivity contribution in [1.29, 1.82) is 0 Å². The zero-order valence-corrected chi connectivity index (χ0v) is 78.3. The molecular formula is C98H116ClN19O11S. The molecular weight excluding hydrogens is 1690 g/mol. The number of halogens is 1. The number of urea groups is 3. The summed E-state index contributed by atoms with van der Waals surface area (Å²) in [5.41, 5.74) is 5.12. The van der Waals surface area contributed by atoms with E-state index in [1.807, 2.05) is 193 Å². The van der Waals surface area contributed by atoms with Crippen LogP contribution in [-0.4, -0.2) is 155 Å². The molecule has 3 saturated heterocycles. The first-order valence-electron chi connectivity index (χ1n) is 43.6. The number of sulfone groups is 1. The predicted octanol–water partition coefficient (Wildman–Crippen LogP) is 17.0. The van der Waals surface area contributed by atoms with Crippen LogP contribution in [0.3, 0.4) is 0 Å². The second-order valence-corrected chi connectivity index (χ2v) is 42.9. The standard InChI is InChI=1S/C37H43N7O4.C36H43N7O4.C25H30ClN5O3S/c1-34(2,3)27-18-29(41-33(48)40-28-17-14-24-10-8-9-11-26(24)39-28)44(42-27)25-15-12-23(13-16-25)19-38-30(45)35(4)20-36(5)22-37(6,21-35)32(47)43(7)31(36)46;1-33(2,3)27-17-28(40-32(47)39-24-10-13-26-23(16-24)14-15-37-26)43(41-27)25-11-8-22(9-12-25)18-38-29(44)34(4)19-35(5)21-36(6,20-34)31(46)42(7)30(35)45;1-25(2,3)22-16-23(28-24(32)27-20-8-6-19(26)7-9-20)31(29-22)21-10-4-18(5-11-21)17-30-12-14-35(33,34)15-13-30/h8-18H,19-22H2,1-7H3,(H,38,45)(H2,39,40,41,48);8-17,37H,18-21H2,1-7H3,(H,38,44)(H2,39,40,47);4-11,16H,12-15,17H2,1-3H3,(H2,27,28,32). The minimum Gasteiger partial charge on any atom is -0.361 e. The first-order chi connectivity index (χ1) is 61.0. The number of fused-ring (bicyclic) bond motifs is 6. The van der Waals surface area contributed by atoms with Gasteiger partial charge >= 0.3 is 18.1 Å². The molecule has 5 aromatic heterocycles. The van der Waals surface area contributed by atoms with E-state index in [1.54, 1.807) is 51.4 Å². The number of imide groups is 2. The van der Waals surface area contributed by atoms with Crippen LogP contribution in [0, 0.1) is 32.5 Å². The molecule has 4 unspecified atom stereocenters. The van der Waals surface area contributed by atoms with Crippen molar-refractivity contribution < 1.29 is 51.6 Å². The zero-order valence-electron chi connectivity index (χ0n) is 76.8. The maximum atomic E-state index is 13.6. The molecule has 3 aliphatic heterocycles. The fraction of sp³-hybridized carbons (Fsp3) is 0.398. The number of likely N-dealkylation sites (tertiary alicyclic amines) is 2. The summed E-state index contributed by atoms with van der Waals surface area (Å²) >= 11 is 5.92.